The van der Waals surface area contributed by atoms with E-state index in [-0.39, 0.29) is 11.5 Å². The Bertz CT molecular complexity index is 514. The lowest BCUT2D eigenvalue weighted by Gasteiger charge is -2.30. The molecule has 1 aliphatic carbocycles. The maximum absolute atomic E-state index is 11.2. The van der Waals surface area contributed by atoms with Gasteiger partial charge in [-0.2, -0.15) is 5.10 Å². The minimum Gasteiger partial charge on any atom is -0.393 e. The first-order valence-electron chi connectivity index (χ1n) is 7.71. The van der Waals surface area contributed by atoms with Crippen LogP contribution < -0.4 is 5.73 Å². The Morgan fingerprint density at radius 3 is 2.76 bits per heavy atom. The Hall–Kier alpha value is -1.40. The molecule has 2 atom stereocenters. The largest absolute Gasteiger partial charge is 0.393 e. The Morgan fingerprint density at radius 2 is 2.19 bits per heavy atom. The van der Waals surface area contributed by atoms with Crippen LogP contribution in [0.1, 0.15) is 49.3 Å². The molecule has 0 radical (unpaired) electrons. The molecule has 0 saturated heterocycles. The number of carbonyl (C=O) groups excluding carboxylic acids is 1. The maximum Gasteiger partial charge on any atom is 0.269 e. The lowest BCUT2D eigenvalue weighted by Crippen LogP contribution is -2.34. The highest BCUT2D eigenvalue weighted by Crippen LogP contribution is 2.42. The summed E-state index contributed by atoms with van der Waals surface area (Å²) in [5.41, 5.74) is 6.72. The van der Waals surface area contributed by atoms with Gasteiger partial charge in [-0.25, -0.2) is 0 Å². The molecule has 1 fully saturated rings. The van der Waals surface area contributed by atoms with Crippen LogP contribution in [0.3, 0.4) is 0 Å². The number of carbonyl (C=O) groups is 1. The molecule has 21 heavy (non-hydrogen) atoms. The SMILES string of the molecule is CC.CN1Cc2cc(C(N)=O)nn2CC2(CCC(O)C2)C1. The van der Waals surface area contributed by atoms with Gasteiger partial charge in [-0.3, -0.25) is 14.4 Å². The van der Waals surface area contributed by atoms with Crippen LogP contribution in [-0.2, 0) is 13.1 Å². The van der Waals surface area contributed by atoms with Gasteiger partial charge in [-0.1, -0.05) is 13.8 Å². The van der Waals surface area contributed by atoms with Crippen molar-refractivity contribution in [3.8, 4) is 0 Å². The highest BCUT2D eigenvalue weighted by atomic mass is 16.3. The lowest BCUT2D eigenvalue weighted by molar-refractivity contribution is 0.0990. The molecule has 2 aliphatic rings. The average Bonchev–Trinajstić information content (AvgIpc) is 2.94. The molecule has 6 nitrogen and oxygen atoms in total. The van der Waals surface area contributed by atoms with Gasteiger partial charge < -0.3 is 10.8 Å². The second-order valence-corrected chi connectivity index (χ2v) is 6.11. The van der Waals surface area contributed by atoms with Gasteiger partial charge in [0.15, 0.2) is 0 Å². The number of nitrogens with zero attached hydrogens (tertiary/aromatic N) is 3. The van der Waals surface area contributed by atoms with E-state index in [0.717, 1.165) is 44.6 Å². The Morgan fingerprint density at radius 1 is 1.48 bits per heavy atom. The van der Waals surface area contributed by atoms with Gasteiger partial charge in [0, 0.05) is 25.0 Å². The van der Waals surface area contributed by atoms with Gasteiger partial charge in [0.05, 0.1) is 11.8 Å². The molecule has 1 saturated carbocycles. The fourth-order valence-corrected chi connectivity index (χ4v) is 3.58. The first-order valence-corrected chi connectivity index (χ1v) is 7.71. The smallest absolute Gasteiger partial charge is 0.269 e. The number of aliphatic hydroxyl groups is 1. The number of rotatable bonds is 1. The van der Waals surface area contributed by atoms with Gasteiger partial charge in [0.2, 0.25) is 0 Å². The molecule has 2 heterocycles. The third kappa shape index (κ3) is 3.27. The zero-order chi connectivity index (χ0) is 15.6. The van der Waals surface area contributed by atoms with Crippen molar-refractivity contribution in [2.24, 2.45) is 11.1 Å². The van der Waals surface area contributed by atoms with Crippen molar-refractivity contribution in [2.45, 2.75) is 52.3 Å². The summed E-state index contributed by atoms with van der Waals surface area (Å²) in [6.45, 7) is 6.48. The van der Waals surface area contributed by atoms with E-state index in [0.29, 0.717) is 5.69 Å². The molecule has 1 amide bonds. The Balaban J connectivity index is 0.000000774. The van der Waals surface area contributed by atoms with E-state index in [1.807, 2.05) is 18.5 Å². The van der Waals surface area contributed by atoms with Crippen molar-refractivity contribution in [1.82, 2.24) is 14.7 Å². The monoisotopic (exact) mass is 294 g/mol. The van der Waals surface area contributed by atoms with E-state index in [1.54, 1.807) is 6.07 Å². The summed E-state index contributed by atoms with van der Waals surface area (Å²) in [5, 5.41) is 14.2. The van der Waals surface area contributed by atoms with Crippen LogP contribution in [0.5, 0.6) is 0 Å². The summed E-state index contributed by atoms with van der Waals surface area (Å²) in [5.74, 6) is -0.483. The molecule has 3 rings (SSSR count). The second kappa shape index (κ2) is 6.15. The Kier molecular flexibility index (Phi) is 4.68. The van der Waals surface area contributed by atoms with Crippen LogP contribution in [0.15, 0.2) is 6.07 Å². The van der Waals surface area contributed by atoms with Crippen molar-refractivity contribution >= 4 is 5.91 Å². The summed E-state index contributed by atoms with van der Waals surface area (Å²) in [6, 6.07) is 1.78. The summed E-state index contributed by atoms with van der Waals surface area (Å²) < 4.78 is 1.90. The van der Waals surface area contributed by atoms with E-state index in [4.69, 9.17) is 5.73 Å². The topological polar surface area (TPSA) is 84.4 Å². The standard InChI is InChI=1S/C13H20N4O2.C2H6/c1-16-6-9-4-11(12(14)19)15-17(9)8-13(7-16)3-2-10(18)5-13;1-2/h4,10,18H,2-3,5-8H2,1H3,(H2,14,19);1-2H3. The maximum atomic E-state index is 11.2. The van der Waals surface area contributed by atoms with E-state index >= 15 is 0 Å². The van der Waals surface area contributed by atoms with Crippen molar-refractivity contribution in [1.29, 1.82) is 0 Å². The van der Waals surface area contributed by atoms with E-state index in [9.17, 15) is 9.90 Å². The molecule has 6 heteroatoms. The fourth-order valence-electron chi connectivity index (χ4n) is 3.58. The molecular weight excluding hydrogens is 268 g/mol. The number of primary amides is 1. The minimum absolute atomic E-state index is 0.0698. The number of nitrogens with two attached hydrogens (primary N) is 1. The summed E-state index contributed by atoms with van der Waals surface area (Å²) >= 11 is 0. The summed E-state index contributed by atoms with van der Waals surface area (Å²) in [7, 11) is 2.07. The van der Waals surface area contributed by atoms with Crippen molar-refractivity contribution in [3.63, 3.8) is 0 Å². The van der Waals surface area contributed by atoms with E-state index < -0.39 is 5.91 Å². The quantitative estimate of drug-likeness (QED) is 0.809. The second-order valence-electron chi connectivity index (χ2n) is 6.11. The molecule has 3 N–H and O–H groups in total. The number of fused-ring (bicyclic) bond motifs is 1. The number of aliphatic hydroxyl groups excluding tert-OH is 1. The van der Waals surface area contributed by atoms with Gasteiger partial charge in [-0.15, -0.1) is 0 Å². The zero-order valence-corrected chi connectivity index (χ0v) is 13.2. The predicted molar refractivity (Wildman–Crippen MR) is 80.7 cm³/mol. The van der Waals surface area contributed by atoms with Crippen LogP contribution in [0.25, 0.3) is 0 Å². The van der Waals surface area contributed by atoms with Gasteiger partial charge >= 0.3 is 0 Å². The normalized spacial score (nSPS) is 28.7. The molecule has 0 bridgehead atoms. The van der Waals surface area contributed by atoms with Crippen molar-refractivity contribution in [3.05, 3.63) is 17.5 Å². The average molecular weight is 294 g/mol. The third-order valence-electron chi connectivity index (χ3n) is 4.31. The third-order valence-corrected chi connectivity index (χ3v) is 4.31. The number of amides is 1. The zero-order valence-electron chi connectivity index (χ0n) is 13.2. The molecule has 1 aromatic heterocycles. The molecule has 1 aromatic rings. The molecule has 118 valence electrons. The van der Waals surface area contributed by atoms with Crippen LogP contribution >= 0.6 is 0 Å². The highest BCUT2D eigenvalue weighted by molar-refractivity contribution is 5.90. The van der Waals surface area contributed by atoms with Gasteiger partial charge in [0.25, 0.3) is 5.91 Å². The number of aromatic nitrogens is 2. The fraction of sp³-hybridized carbons (Fsp3) is 0.733. The molecule has 1 spiro atoms. The molecular formula is C15H26N4O2. The molecule has 0 aromatic carbocycles. The van der Waals surface area contributed by atoms with Gasteiger partial charge in [0.1, 0.15) is 5.69 Å². The van der Waals surface area contributed by atoms with Gasteiger partial charge in [-0.05, 0) is 32.4 Å². The van der Waals surface area contributed by atoms with E-state index in [1.165, 1.54) is 0 Å². The summed E-state index contributed by atoms with van der Waals surface area (Å²) in [6.07, 6.45) is 2.46. The summed E-state index contributed by atoms with van der Waals surface area (Å²) in [4.78, 5) is 13.5. The molecule has 1 aliphatic heterocycles. The highest BCUT2D eigenvalue weighted by Gasteiger charge is 2.41. The van der Waals surface area contributed by atoms with Crippen LogP contribution in [0, 0.1) is 5.41 Å². The first kappa shape index (κ1) is 16.0. The van der Waals surface area contributed by atoms with Crippen molar-refractivity contribution < 1.29 is 9.90 Å². The number of hydrogen-bond acceptors (Lipinski definition) is 4. The number of hydrogen-bond donors (Lipinski definition) is 2. The van der Waals surface area contributed by atoms with Crippen LogP contribution in [-0.4, -0.2) is 45.4 Å². The first-order chi connectivity index (χ1) is 9.97. The molecule has 2 unspecified atom stereocenters. The predicted octanol–water partition coefficient (Wildman–Crippen LogP) is 0.985. The lowest BCUT2D eigenvalue weighted by atomic mass is 9.85. The minimum atomic E-state index is -0.483. The Labute approximate surface area is 125 Å². The van der Waals surface area contributed by atoms with Crippen molar-refractivity contribution in [2.75, 3.05) is 13.6 Å². The van der Waals surface area contributed by atoms with Crippen LogP contribution in [0.2, 0.25) is 0 Å². The van der Waals surface area contributed by atoms with Crippen LogP contribution in [0.4, 0.5) is 0 Å². The van der Waals surface area contributed by atoms with E-state index in [2.05, 4.69) is 17.0 Å².